The summed E-state index contributed by atoms with van der Waals surface area (Å²) in [4.78, 5) is 0. The molecule has 10 heteroatoms. The maximum absolute atomic E-state index is 5.85. The van der Waals surface area contributed by atoms with E-state index in [-0.39, 0.29) is 5.71 Å². The number of nitrogens with one attached hydrogen (secondary N) is 1. The molecular formula is C11H9Cl6N3O. The van der Waals surface area contributed by atoms with Crippen LogP contribution in [0.25, 0.3) is 0 Å². The van der Waals surface area contributed by atoms with Gasteiger partial charge in [0.15, 0.2) is 0 Å². The first-order valence-corrected chi connectivity index (χ1v) is 7.95. The van der Waals surface area contributed by atoms with E-state index in [4.69, 9.17) is 74.0 Å². The van der Waals surface area contributed by atoms with Gasteiger partial charge in [-0.3, -0.25) is 5.43 Å². The molecule has 0 atom stereocenters. The minimum Gasteiger partial charge on any atom is -0.469 e. The molecule has 1 aromatic heterocycles. The molecule has 0 saturated heterocycles. The van der Waals surface area contributed by atoms with E-state index < -0.39 is 7.71 Å². The quantitative estimate of drug-likeness (QED) is 0.564. The van der Waals surface area contributed by atoms with Crippen LogP contribution in [0.5, 0.6) is 0 Å². The van der Waals surface area contributed by atoms with E-state index in [1.807, 2.05) is 6.07 Å². The van der Waals surface area contributed by atoms with Crippen molar-refractivity contribution in [2.24, 2.45) is 5.10 Å². The molecule has 1 aliphatic heterocycles. The van der Waals surface area contributed by atoms with Crippen molar-refractivity contribution < 1.29 is 4.42 Å². The van der Waals surface area contributed by atoms with E-state index in [2.05, 4.69) is 10.5 Å². The summed E-state index contributed by atoms with van der Waals surface area (Å²) in [6, 6.07) is 3.67. The summed E-state index contributed by atoms with van der Waals surface area (Å²) >= 11 is 35.0. The predicted octanol–water partition coefficient (Wildman–Crippen LogP) is 4.97. The van der Waals surface area contributed by atoms with Crippen molar-refractivity contribution in [1.29, 1.82) is 0 Å². The molecule has 0 spiro atoms. The average Bonchev–Trinajstić information content (AvgIpc) is 2.87. The van der Waals surface area contributed by atoms with E-state index >= 15 is 0 Å². The fraction of sp³-hybridized carbons (Fsp3) is 0.364. The van der Waals surface area contributed by atoms with Crippen molar-refractivity contribution in [3.8, 4) is 0 Å². The summed E-state index contributed by atoms with van der Waals surface area (Å²) in [5.41, 5.74) is 3.67. The van der Waals surface area contributed by atoms with Crippen LogP contribution in [0.3, 0.4) is 0 Å². The predicted molar refractivity (Wildman–Crippen MR) is 88.1 cm³/mol. The zero-order valence-corrected chi connectivity index (χ0v) is 14.8. The Kier molecular flexibility index (Phi) is 5.50. The van der Waals surface area contributed by atoms with Crippen LogP contribution in [0.2, 0.25) is 0 Å². The molecular weight excluding hydrogens is 403 g/mol. The number of hydrogen-bond acceptors (Lipinski definition) is 4. The molecule has 0 aliphatic carbocycles. The zero-order chi connectivity index (χ0) is 15.7. The van der Waals surface area contributed by atoms with Crippen LogP contribution in [0.15, 0.2) is 39.7 Å². The van der Waals surface area contributed by atoms with Gasteiger partial charge in [-0.25, -0.2) is 0 Å². The highest BCUT2D eigenvalue weighted by molar-refractivity contribution is 6.77. The summed E-state index contributed by atoms with van der Waals surface area (Å²) in [7, 11) is 0. The average molecular weight is 412 g/mol. The van der Waals surface area contributed by atoms with Crippen LogP contribution in [-0.2, 0) is 6.42 Å². The monoisotopic (exact) mass is 409 g/mol. The Labute approximate surface area is 151 Å². The maximum atomic E-state index is 5.85. The Bertz CT molecular complexity index is 543. The van der Waals surface area contributed by atoms with Gasteiger partial charge in [-0.15, -0.1) is 0 Å². The van der Waals surface area contributed by atoms with Crippen LogP contribution < -0.4 is 5.43 Å². The van der Waals surface area contributed by atoms with Crippen molar-refractivity contribution in [1.82, 2.24) is 10.5 Å². The molecule has 1 aliphatic rings. The molecule has 2 heterocycles. The molecule has 0 aromatic carbocycles. The number of aryl methyl sites for hydroxylation is 1. The first-order valence-electron chi connectivity index (χ1n) is 5.68. The Morgan fingerprint density at radius 3 is 2.38 bits per heavy atom. The standard InChI is InChI=1S/C11H9Cl6N3O/c12-10(13,14)9-6-7(3-4-8-2-1-5-21-8)18-20(19-9)11(15,16)17/h1-2,5-6,18H,3-4H2. The Morgan fingerprint density at radius 2 is 1.86 bits per heavy atom. The first-order chi connectivity index (χ1) is 9.66. The van der Waals surface area contributed by atoms with Crippen molar-refractivity contribution in [2.75, 3.05) is 0 Å². The van der Waals surface area contributed by atoms with Crippen LogP contribution in [0, 0.1) is 0 Å². The normalized spacial score (nSPS) is 16.4. The third-order valence-electron chi connectivity index (χ3n) is 2.52. The lowest BCUT2D eigenvalue weighted by molar-refractivity contribution is 0.213. The fourth-order valence-electron chi connectivity index (χ4n) is 1.59. The van der Waals surface area contributed by atoms with E-state index in [0.717, 1.165) is 10.9 Å². The van der Waals surface area contributed by atoms with Gasteiger partial charge in [0.1, 0.15) is 11.5 Å². The Balaban J connectivity index is 2.16. The lowest BCUT2D eigenvalue weighted by Gasteiger charge is -2.33. The van der Waals surface area contributed by atoms with Gasteiger partial charge in [0.25, 0.3) is 0 Å². The van der Waals surface area contributed by atoms with E-state index in [0.29, 0.717) is 18.5 Å². The number of alkyl halides is 6. The molecule has 4 nitrogen and oxygen atoms in total. The van der Waals surface area contributed by atoms with Gasteiger partial charge in [0.05, 0.1) is 6.26 Å². The molecule has 0 amide bonds. The minimum atomic E-state index is -1.83. The number of halogens is 6. The van der Waals surface area contributed by atoms with Gasteiger partial charge in [-0.2, -0.15) is 10.2 Å². The summed E-state index contributed by atoms with van der Waals surface area (Å²) in [5.74, 6) is 0.816. The van der Waals surface area contributed by atoms with Gasteiger partial charge < -0.3 is 4.42 Å². The van der Waals surface area contributed by atoms with Gasteiger partial charge in [-0.05, 0) is 24.6 Å². The molecule has 0 fully saturated rings. The summed E-state index contributed by atoms with van der Waals surface area (Å²) in [6.45, 7) is 0. The van der Waals surface area contributed by atoms with Gasteiger partial charge >= 0.3 is 3.92 Å². The zero-order valence-electron chi connectivity index (χ0n) is 10.3. The van der Waals surface area contributed by atoms with Crippen molar-refractivity contribution in [3.05, 3.63) is 35.9 Å². The third-order valence-corrected chi connectivity index (χ3v) is 3.58. The third kappa shape index (κ3) is 5.02. The summed E-state index contributed by atoms with van der Waals surface area (Å²) in [5, 5.41) is 4.97. The molecule has 0 unspecified atom stereocenters. The molecule has 0 radical (unpaired) electrons. The van der Waals surface area contributed by atoms with Crippen molar-refractivity contribution in [2.45, 2.75) is 20.6 Å². The largest absolute Gasteiger partial charge is 0.469 e. The second-order valence-corrected chi connectivity index (χ2v) is 8.63. The molecule has 1 N–H and O–H groups in total. The lowest BCUT2D eigenvalue weighted by atomic mass is 10.1. The Hall–Kier alpha value is 0.0300. The van der Waals surface area contributed by atoms with Crippen LogP contribution >= 0.6 is 69.6 Å². The van der Waals surface area contributed by atoms with Crippen molar-refractivity contribution >= 4 is 75.3 Å². The number of hydrogen-bond donors (Lipinski definition) is 1. The number of hydrazine groups is 1. The molecule has 116 valence electrons. The first kappa shape index (κ1) is 17.4. The fourth-order valence-corrected chi connectivity index (χ4v) is 2.11. The number of furan rings is 1. The van der Waals surface area contributed by atoms with Crippen molar-refractivity contribution in [3.63, 3.8) is 0 Å². The number of nitrogens with zero attached hydrogens (tertiary/aromatic N) is 2. The molecule has 2 rings (SSSR count). The second kappa shape index (κ2) is 6.65. The number of hydrazone groups is 1. The molecule has 0 saturated carbocycles. The number of rotatable bonds is 3. The van der Waals surface area contributed by atoms with E-state index in [1.165, 1.54) is 0 Å². The lowest BCUT2D eigenvalue weighted by Crippen LogP contribution is -2.46. The van der Waals surface area contributed by atoms with Crippen LogP contribution in [-0.4, -0.2) is 18.5 Å². The summed E-state index contributed by atoms with van der Waals surface area (Å²) in [6.07, 6.45) is 4.39. The Morgan fingerprint density at radius 1 is 1.14 bits per heavy atom. The highest BCUT2D eigenvalue weighted by Gasteiger charge is 2.36. The topological polar surface area (TPSA) is 40.8 Å². The molecule has 1 aromatic rings. The molecule has 21 heavy (non-hydrogen) atoms. The minimum absolute atomic E-state index is 0.145. The highest BCUT2D eigenvalue weighted by atomic mass is 35.6. The number of allylic oxidation sites excluding steroid dienone is 2. The highest BCUT2D eigenvalue weighted by Crippen LogP contribution is 2.35. The van der Waals surface area contributed by atoms with E-state index in [1.54, 1.807) is 18.4 Å². The summed E-state index contributed by atoms with van der Waals surface area (Å²) < 4.78 is 1.70. The SMILES string of the molecule is ClC(Cl)(Cl)C1=NN(C(Cl)(Cl)Cl)NC(CCc2ccco2)=C1. The van der Waals surface area contributed by atoms with Gasteiger partial charge in [-0.1, -0.05) is 69.6 Å². The van der Waals surface area contributed by atoms with Crippen LogP contribution in [0.1, 0.15) is 12.2 Å². The van der Waals surface area contributed by atoms with Crippen LogP contribution in [0.4, 0.5) is 0 Å². The smallest absolute Gasteiger partial charge is 0.301 e. The van der Waals surface area contributed by atoms with E-state index in [9.17, 15) is 0 Å². The second-order valence-electron chi connectivity index (χ2n) is 4.12. The van der Waals surface area contributed by atoms with Gasteiger partial charge in [0.2, 0.25) is 3.79 Å². The molecule has 0 bridgehead atoms. The van der Waals surface area contributed by atoms with Gasteiger partial charge in [0, 0.05) is 12.1 Å². The maximum Gasteiger partial charge on any atom is 0.301 e.